The fourth-order valence-electron chi connectivity index (χ4n) is 3.14. The van der Waals surface area contributed by atoms with E-state index >= 15 is 0 Å². The van der Waals surface area contributed by atoms with Gasteiger partial charge in [0, 0.05) is 12.6 Å². The summed E-state index contributed by atoms with van der Waals surface area (Å²) < 4.78 is 0. The second kappa shape index (κ2) is 3.94. The lowest BCUT2D eigenvalue weighted by molar-refractivity contribution is 0.537. The molecule has 86 valence electrons. The standard InChI is InChI=1S/C13H17ClN2/c14-12-3-1-2-10-4-5-11-6-9(7-15)8-16(11)13(10)12/h1-3,9,11H,4-8,15H2. The molecule has 2 aliphatic heterocycles. The van der Waals surface area contributed by atoms with Gasteiger partial charge in [0.05, 0.1) is 10.7 Å². The molecule has 2 heterocycles. The van der Waals surface area contributed by atoms with E-state index in [0.717, 1.165) is 24.5 Å². The summed E-state index contributed by atoms with van der Waals surface area (Å²) in [5.74, 6) is 0.646. The van der Waals surface area contributed by atoms with Crippen LogP contribution in [0.4, 0.5) is 5.69 Å². The Balaban J connectivity index is 1.99. The van der Waals surface area contributed by atoms with E-state index in [-0.39, 0.29) is 0 Å². The lowest BCUT2D eigenvalue weighted by atomic mass is 9.95. The van der Waals surface area contributed by atoms with Crippen LogP contribution in [-0.4, -0.2) is 19.1 Å². The maximum absolute atomic E-state index is 6.33. The summed E-state index contributed by atoms with van der Waals surface area (Å²) in [6.45, 7) is 1.88. The number of aryl methyl sites for hydroxylation is 1. The molecule has 1 fully saturated rings. The quantitative estimate of drug-likeness (QED) is 0.812. The zero-order valence-electron chi connectivity index (χ0n) is 9.32. The number of rotatable bonds is 1. The summed E-state index contributed by atoms with van der Waals surface area (Å²) in [4.78, 5) is 2.48. The van der Waals surface area contributed by atoms with Gasteiger partial charge in [-0.05, 0) is 43.4 Å². The molecular formula is C13H17ClN2. The van der Waals surface area contributed by atoms with E-state index in [1.54, 1.807) is 0 Å². The van der Waals surface area contributed by atoms with E-state index < -0.39 is 0 Å². The first-order chi connectivity index (χ1) is 7.79. The van der Waals surface area contributed by atoms with Crippen LogP contribution >= 0.6 is 11.6 Å². The van der Waals surface area contributed by atoms with Crippen molar-refractivity contribution in [1.29, 1.82) is 0 Å². The highest BCUT2D eigenvalue weighted by Crippen LogP contribution is 2.41. The lowest BCUT2D eigenvalue weighted by Crippen LogP contribution is -2.34. The van der Waals surface area contributed by atoms with Crippen LogP contribution in [0, 0.1) is 5.92 Å². The van der Waals surface area contributed by atoms with E-state index in [1.807, 2.05) is 6.07 Å². The Morgan fingerprint density at radius 1 is 1.44 bits per heavy atom. The van der Waals surface area contributed by atoms with Crippen molar-refractivity contribution in [3.63, 3.8) is 0 Å². The molecule has 3 rings (SSSR count). The molecule has 2 aliphatic rings. The molecule has 0 amide bonds. The maximum Gasteiger partial charge on any atom is 0.0642 e. The van der Waals surface area contributed by atoms with Gasteiger partial charge < -0.3 is 10.6 Å². The average Bonchev–Trinajstić information content (AvgIpc) is 2.72. The summed E-state index contributed by atoms with van der Waals surface area (Å²) in [6.07, 6.45) is 3.65. The van der Waals surface area contributed by atoms with Gasteiger partial charge in [0.15, 0.2) is 0 Å². The Morgan fingerprint density at radius 2 is 2.31 bits per heavy atom. The maximum atomic E-state index is 6.33. The number of anilines is 1. The highest BCUT2D eigenvalue weighted by molar-refractivity contribution is 6.33. The number of nitrogens with zero attached hydrogens (tertiary/aromatic N) is 1. The Hall–Kier alpha value is -0.730. The summed E-state index contributed by atoms with van der Waals surface area (Å²) in [5.41, 5.74) is 8.46. The molecule has 3 heteroatoms. The summed E-state index contributed by atoms with van der Waals surface area (Å²) in [7, 11) is 0. The van der Waals surface area contributed by atoms with Crippen LogP contribution in [0.3, 0.4) is 0 Å². The molecule has 0 saturated carbocycles. The van der Waals surface area contributed by atoms with Crippen molar-refractivity contribution < 1.29 is 0 Å². The first-order valence-electron chi connectivity index (χ1n) is 6.03. The van der Waals surface area contributed by atoms with Crippen LogP contribution < -0.4 is 10.6 Å². The van der Waals surface area contributed by atoms with Gasteiger partial charge in [0.2, 0.25) is 0 Å². The third kappa shape index (κ3) is 1.52. The molecule has 1 saturated heterocycles. The van der Waals surface area contributed by atoms with Crippen LogP contribution in [-0.2, 0) is 6.42 Å². The molecule has 2 N–H and O–H groups in total. The first-order valence-corrected chi connectivity index (χ1v) is 6.41. The van der Waals surface area contributed by atoms with Gasteiger partial charge in [-0.25, -0.2) is 0 Å². The molecule has 0 spiro atoms. The first kappa shape index (κ1) is 10.4. The second-order valence-electron chi connectivity index (χ2n) is 4.93. The topological polar surface area (TPSA) is 29.3 Å². The third-order valence-electron chi connectivity index (χ3n) is 3.94. The molecule has 2 atom stereocenters. The monoisotopic (exact) mass is 236 g/mol. The van der Waals surface area contributed by atoms with Gasteiger partial charge in [-0.3, -0.25) is 0 Å². The van der Waals surface area contributed by atoms with Gasteiger partial charge in [-0.2, -0.15) is 0 Å². The predicted octanol–water partition coefficient (Wildman–Crippen LogP) is 2.44. The number of hydrogen-bond donors (Lipinski definition) is 1. The van der Waals surface area contributed by atoms with Crippen molar-refractivity contribution in [2.75, 3.05) is 18.0 Å². The highest BCUT2D eigenvalue weighted by Gasteiger charge is 2.35. The summed E-state index contributed by atoms with van der Waals surface area (Å²) >= 11 is 6.33. The Labute approximate surface area is 101 Å². The van der Waals surface area contributed by atoms with E-state index in [1.165, 1.54) is 24.1 Å². The highest BCUT2D eigenvalue weighted by atomic mass is 35.5. The normalized spacial score (nSPS) is 27.8. The fourth-order valence-corrected chi connectivity index (χ4v) is 3.44. The number of hydrogen-bond acceptors (Lipinski definition) is 2. The SMILES string of the molecule is NCC1CC2CCc3cccc(Cl)c3N2C1. The van der Waals surface area contributed by atoms with Crippen molar-refractivity contribution in [2.45, 2.75) is 25.3 Å². The van der Waals surface area contributed by atoms with Gasteiger partial charge in [0.25, 0.3) is 0 Å². The van der Waals surface area contributed by atoms with Gasteiger partial charge in [0.1, 0.15) is 0 Å². The van der Waals surface area contributed by atoms with Crippen LogP contribution in [0.2, 0.25) is 5.02 Å². The lowest BCUT2D eigenvalue weighted by Gasteiger charge is -2.34. The number of benzene rings is 1. The van der Waals surface area contributed by atoms with E-state index in [9.17, 15) is 0 Å². The predicted molar refractivity (Wildman–Crippen MR) is 68.1 cm³/mol. The van der Waals surface area contributed by atoms with Crippen molar-refractivity contribution in [2.24, 2.45) is 11.7 Å². The molecular weight excluding hydrogens is 220 g/mol. The van der Waals surface area contributed by atoms with Gasteiger partial charge >= 0.3 is 0 Å². The van der Waals surface area contributed by atoms with Gasteiger partial charge in [-0.1, -0.05) is 23.7 Å². The molecule has 16 heavy (non-hydrogen) atoms. The van der Waals surface area contributed by atoms with Crippen LogP contribution in [0.15, 0.2) is 18.2 Å². The number of nitrogens with two attached hydrogens (primary N) is 1. The smallest absolute Gasteiger partial charge is 0.0642 e. The summed E-state index contributed by atoms with van der Waals surface area (Å²) in [5, 5.41) is 0.903. The minimum absolute atomic E-state index is 0.646. The van der Waals surface area contributed by atoms with Crippen molar-refractivity contribution >= 4 is 17.3 Å². The molecule has 0 aromatic heterocycles. The average molecular weight is 237 g/mol. The molecule has 2 nitrogen and oxygen atoms in total. The van der Waals surface area contributed by atoms with E-state index in [2.05, 4.69) is 17.0 Å². The van der Waals surface area contributed by atoms with Crippen LogP contribution in [0.1, 0.15) is 18.4 Å². The van der Waals surface area contributed by atoms with Crippen LogP contribution in [0.25, 0.3) is 0 Å². The number of halogens is 1. The minimum atomic E-state index is 0.646. The Bertz CT molecular complexity index is 405. The minimum Gasteiger partial charge on any atom is -0.367 e. The summed E-state index contributed by atoms with van der Waals surface area (Å²) in [6, 6.07) is 6.92. The number of para-hydroxylation sites is 1. The van der Waals surface area contributed by atoms with Crippen LogP contribution in [0.5, 0.6) is 0 Å². The largest absolute Gasteiger partial charge is 0.367 e. The van der Waals surface area contributed by atoms with Gasteiger partial charge in [-0.15, -0.1) is 0 Å². The molecule has 1 aromatic rings. The van der Waals surface area contributed by atoms with Crippen molar-refractivity contribution in [1.82, 2.24) is 0 Å². The molecule has 1 aromatic carbocycles. The number of fused-ring (bicyclic) bond motifs is 3. The van der Waals surface area contributed by atoms with E-state index in [4.69, 9.17) is 17.3 Å². The zero-order valence-corrected chi connectivity index (χ0v) is 10.1. The molecule has 0 bridgehead atoms. The Kier molecular flexibility index (Phi) is 2.56. The van der Waals surface area contributed by atoms with Crippen molar-refractivity contribution in [3.8, 4) is 0 Å². The Morgan fingerprint density at radius 3 is 3.12 bits per heavy atom. The van der Waals surface area contributed by atoms with E-state index in [0.29, 0.717) is 12.0 Å². The third-order valence-corrected chi connectivity index (χ3v) is 4.24. The zero-order chi connectivity index (χ0) is 11.1. The molecule has 0 aliphatic carbocycles. The molecule has 0 radical (unpaired) electrons. The molecule has 2 unspecified atom stereocenters. The fraction of sp³-hybridized carbons (Fsp3) is 0.538. The van der Waals surface area contributed by atoms with Crippen molar-refractivity contribution in [3.05, 3.63) is 28.8 Å². The second-order valence-corrected chi connectivity index (χ2v) is 5.34.